The summed E-state index contributed by atoms with van der Waals surface area (Å²) in [4.78, 5) is 12.4. The van der Waals surface area contributed by atoms with Gasteiger partial charge in [-0.3, -0.25) is 0 Å². The van der Waals surface area contributed by atoms with Crippen molar-refractivity contribution in [3.63, 3.8) is 0 Å². The summed E-state index contributed by atoms with van der Waals surface area (Å²) in [5, 5.41) is 0.884. The first-order chi connectivity index (χ1) is 11.0. The van der Waals surface area contributed by atoms with Crippen LogP contribution in [0, 0.1) is 0 Å². The van der Waals surface area contributed by atoms with E-state index in [9.17, 15) is 4.79 Å². The first-order valence-corrected chi connectivity index (χ1v) is 7.58. The smallest absolute Gasteiger partial charge is 0.344 e. The maximum absolute atomic E-state index is 12.4. The molecule has 4 rings (SSSR count). The molecule has 0 bridgehead atoms. The van der Waals surface area contributed by atoms with Gasteiger partial charge in [-0.25, -0.2) is 4.79 Å². The molecule has 114 valence electrons. The van der Waals surface area contributed by atoms with Gasteiger partial charge in [-0.2, -0.15) is 0 Å². The average molecular weight is 304 g/mol. The number of ether oxygens (including phenoxy) is 1. The molecule has 0 N–H and O–H groups in total. The Balaban J connectivity index is 1.95. The standard InChI is InChI=1S/C20H16O3/c1-20(2)11-10-15-17(23-20)9-8-14-12-16(19(21)22-18(14)15)13-6-4-3-5-7-13/h3-12H,1-2H3. The van der Waals surface area contributed by atoms with Gasteiger partial charge in [-0.15, -0.1) is 0 Å². The molecule has 3 aromatic rings. The number of hydrogen-bond donors (Lipinski definition) is 0. The first-order valence-electron chi connectivity index (χ1n) is 7.58. The number of benzene rings is 2. The SMILES string of the molecule is CC1(C)C=Cc2c(ccc3cc(-c4ccccc4)c(=O)oc23)O1. The van der Waals surface area contributed by atoms with Crippen molar-refractivity contribution in [1.29, 1.82) is 0 Å². The predicted molar refractivity (Wildman–Crippen MR) is 91.7 cm³/mol. The van der Waals surface area contributed by atoms with E-state index in [2.05, 4.69) is 0 Å². The van der Waals surface area contributed by atoms with Crippen LogP contribution in [0.1, 0.15) is 19.4 Å². The molecule has 1 aliphatic rings. The highest BCUT2D eigenvalue weighted by molar-refractivity contribution is 5.91. The minimum atomic E-state index is -0.356. The lowest BCUT2D eigenvalue weighted by atomic mass is 9.99. The summed E-state index contributed by atoms with van der Waals surface area (Å²) in [7, 11) is 0. The van der Waals surface area contributed by atoms with Gasteiger partial charge in [0.15, 0.2) is 0 Å². The Morgan fingerprint density at radius 1 is 1.00 bits per heavy atom. The van der Waals surface area contributed by atoms with E-state index in [-0.39, 0.29) is 11.2 Å². The van der Waals surface area contributed by atoms with Gasteiger partial charge in [-0.05, 0) is 49.8 Å². The van der Waals surface area contributed by atoms with Crippen LogP contribution in [0.15, 0.2) is 63.8 Å². The largest absolute Gasteiger partial charge is 0.483 e. The summed E-state index contributed by atoms with van der Waals surface area (Å²) in [6, 6.07) is 15.3. The zero-order valence-corrected chi connectivity index (χ0v) is 13.0. The van der Waals surface area contributed by atoms with Crippen molar-refractivity contribution < 1.29 is 9.15 Å². The molecule has 1 aromatic heterocycles. The summed E-state index contributed by atoms with van der Waals surface area (Å²) >= 11 is 0. The van der Waals surface area contributed by atoms with Crippen LogP contribution in [0.2, 0.25) is 0 Å². The molecule has 3 nitrogen and oxygen atoms in total. The predicted octanol–water partition coefficient (Wildman–Crippen LogP) is 4.64. The Kier molecular flexibility index (Phi) is 2.91. The van der Waals surface area contributed by atoms with Crippen LogP contribution in [0.4, 0.5) is 0 Å². The molecule has 0 unspecified atom stereocenters. The molecule has 2 heterocycles. The highest BCUT2D eigenvalue weighted by Gasteiger charge is 2.24. The molecule has 0 saturated heterocycles. The van der Waals surface area contributed by atoms with E-state index in [0.717, 1.165) is 22.3 Å². The molecule has 0 atom stereocenters. The van der Waals surface area contributed by atoms with Crippen LogP contribution in [-0.4, -0.2) is 5.60 Å². The fourth-order valence-electron chi connectivity index (χ4n) is 2.86. The minimum Gasteiger partial charge on any atom is -0.483 e. The summed E-state index contributed by atoms with van der Waals surface area (Å²) in [6.07, 6.45) is 3.94. The molecule has 3 heteroatoms. The normalized spacial score (nSPS) is 15.2. The lowest BCUT2D eigenvalue weighted by Gasteiger charge is -2.27. The molecule has 23 heavy (non-hydrogen) atoms. The van der Waals surface area contributed by atoms with Crippen LogP contribution >= 0.6 is 0 Å². The van der Waals surface area contributed by atoms with Crippen LogP contribution in [-0.2, 0) is 0 Å². The summed E-state index contributed by atoms with van der Waals surface area (Å²) in [5.74, 6) is 0.737. The Bertz CT molecular complexity index is 979. The zero-order valence-electron chi connectivity index (χ0n) is 13.0. The van der Waals surface area contributed by atoms with Gasteiger partial charge in [0.05, 0.1) is 11.1 Å². The van der Waals surface area contributed by atoms with Crippen LogP contribution in [0.5, 0.6) is 5.75 Å². The van der Waals surface area contributed by atoms with E-state index in [0.29, 0.717) is 11.1 Å². The van der Waals surface area contributed by atoms with Crippen LogP contribution in [0.3, 0.4) is 0 Å². The fourth-order valence-corrected chi connectivity index (χ4v) is 2.86. The molecule has 0 radical (unpaired) electrons. The summed E-state index contributed by atoms with van der Waals surface area (Å²) < 4.78 is 11.6. The minimum absolute atomic E-state index is 0.338. The molecule has 0 aliphatic carbocycles. The molecule has 0 fully saturated rings. The Morgan fingerprint density at radius 3 is 2.57 bits per heavy atom. The van der Waals surface area contributed by atoms with Crippen LogP contribution < -0.4 is 10.4 Å². The molecule has 1 aliphatic heterocycles. The van der Waals surface area contributed by atoms with Crippen molar-refractivity contribution in [2.45, 2.75) is 19.4 Å². The van der Waals surface area contributed by atoms with E-state index >= 15 is 0 Å². The maximum atomic E-state index is 12.4. The van der Waals surface area contributed by atoms with E-state index in [1.165, 1.54) is 0 Å². The molecule has 0 saturated carbocycles. The average Bonchev–Trinajstić information content (AvgIpc) is 2.54. The third-order valence-electron chi connectivity index (χ3n) is 4.01. The maximum Gasteiger partial charge on any atom is 0.344 e. The molecular formula is C20H16O3. The van der Waals surface area contributed by atoms with E-state index < -0.39 is 0 Å². The van der Waals surface area contributed by atoms with Crippen molar-refractivity contribution in [3.05, 3.63) is 70.6 Å². The molecular weight excluding hydrogens is 288 g/mol. The second-order valence-electron chi connectivity index (χ2n) is 6.25. The van der Waals surface area contributed by atoms with Gasteiger partial charge in [0.2, 0.25) is 0 Å². The number of hydrogen-bond acceptors (Lipinski definition) is 3. The summed E-state index contributed by atoms with van der Waals surface area (Å²) in [6.45, 7) is 3.98. The summed E-state index contributed by atoms with van der Waals surface area (Å²) in [5.41, 5.74) is 2.12. The van der Waals surface area contributed by atoms with Crippen LogP contribution in [0.25, 0.3) is 28.2 Å². The van der Waals surface area contributed by atoms with Gasteiger partial charge in [0.25, 0.3) is 0 Å². The highest BCUT2D eigenvalue weighted by Crippen LogP contribution is 2.36. The third-order valence-corrected chi connectivity index (χ3v) is 4.01. The van der Waals surface area contributed by atoms with E-state index in [4.69, 9.17) is 9.15 Å². The van der Waals surface area contributed by atoms with Gasteiger partial charge < -0.3 is 9.15 Å². The van der Waals surface area contributed by atoms with Crippen molar-refractivity contribution in [3.8, 4) is 16.9 Å². The van der Waals surface area contributed by atoms with Gasteiger partial charge in [-0.1, -0.05) is 30.3 Å². The highest BCUT2D eigenvalue weighted by atomic mass is 16.5. The number of rotatable bonds is 1. The number of fused-ring (bicyclic) bond motifs is 3. The van der Waals surface area contributed by atoms with Gasteiger partial charge in [0, 0.05) is 5.39 Å². The van der Waals surface area contributed by atoms with E-state index in [1.54, 1.807) is 0 Å². The van der Waals surface area contributed by atoms with Crippen molar-refractivity contribution in [2.75, 3.05) is 0 Å². The van der Waals surface area contributed by atoms with Crippen molar-refractivity contribution in [2.24, 2.45) is 0 Å². The zero-order chi connectivity index (χ0) is 16.0. The second kappa shape index (κ2) is 4.85. The Morgan fingerprint density at radius 2 is 1.78 bits per heavy atom. The second-order valence-corrected chi connectivity index (χ2v) is 6.25. The van der Waals surface area contributed by atoms with Crippen molar-refractivity contribution >= 4 is 17.0 Å². The topological polar surface area (TPSA) is 39.4 Å². The quantitative estimate of drug-likeness (QED) is 0.615. The van der Waals surface area contributed by atoms with E-state index in [1.807, 2.05) is 74.5 Å². The molecule has 0 spiro atoms. The Hall–Kier alpha value is -2.81. The fraction of sp³-hybridized carbons (Fsp3) is 0.150. The van der Waals surface area contributed by atoms with Crippen molar-refractivity contribution in [1.82, 2.24) is 0 Å². The molecule has 0 amide bonds. The molecule has 2 aromatic carbocycles. The van der Waals surface area contributed by atoms with Gasteiger partial charge in [0.1, 0.15) is 16.9 Å². The van der Waals surface area contributed by atoms with Gasteiger partial charge >= 0.3 is 5.63 Å². The lowest BCUT2D eigenvalue weighted by molar-refractivity contribution is 0.159. The Labute approximate surface area is 133 Å². The lowest BCUT2D eigenvalue weighted by Crippen LogP contribution is -2.27. The third kappa shape index (κ3) is 2.34. The monoisotopic (exact) mass is 304 g/mol. The first kappa shape index (κ1) is 13.8.